The number of nitrogens with one attached hydrogen (secondary N) is 1. The largest absolute Gasteiger partial charge is 0.367 e. The monoisotopic (exact) mass is 351 g/mol. The lowest BCUT2D eigenvalue weighted by Gasteiger charge is -2.22. The predicted octanol–water partition coefficient (Wildman–Crippen LogP) is 2.42. The van der Waals surface area contributed by atoms with Gasteiger partial charge >= 0.3 is 0 Å². The van der Waals surface area contributed by atoms with Crippen molar-refractivity contribution in [3.05, 3.63) is 58.9 Å². The Morgan fingerprint density at radius 1 is 0.923 bits per heavy atom. The second-order valence-electron chi connectivity index (χ2n) is 7.26. The van der Waals surface area contributed by atoms with E-state index in [1.54, 1.807) is 18.5 Å². The fraction of sp³-hybridized carbons (Fsp3) is 0.429. The molecule has 0 spiro atoms. The van der Waals surface area contributed by atoms with E-state index >= 15 is 0 Å². The second-order valence-corrected chi connectivity index (χ2v) is 7.26. The SMILES string of the molecule is O=C(Cc1ccc2c(c1)CCC2)N1CCCN(C(=O)c2cc[nH]c2)CC1. The van der Waals surface area contributed by atoms with E-state index in [1.807, 2.05) is 9.80 Å². The molecule has 1 saturated heterocycles. The van der Waals surface area contributed by atoms with Crippen LogP contribution in [0.4, 0.5) is 0 Å². The summed E-state index contributed by atoms with van der Waals surface area (Å²) in [7, 11) is 0. The van der Waals surface area contributed by atoms with Crippen molar-refractivity contribution in [1.29, 1.82) is 0 Å². The fourth-order valence-electron chi connectivity index (χ4n) is 4.03. The molecule has 1 aromatic heterocycles. The fourth-order valence-corrected chi connectivity index (χ4v) is 4.03. The molecule has 4 rings (SSSR count). The Labute approximate surface area is 154 Å². The number of hydrogen-bond donors (Lipinski definition) is 1. The molecule has 136 valence electrons. The lowest BCUT2D eigenvalue weighted by molar-refractivity contribution is -0.130. The maximum absolute atomic E-state index is 12.7. The van der Waals surface area contributed by atoms with Crippen LogP contribution in [0.1, 0.15) is 39.9 Å². The van der Waals surface area contributed by atoms with E-state index in [0.29, 0.717) is 31.6 Å². The highest BCUT2D eigenvalue weighted by Gasteiger charge is 2.23. The summed E-state index contributed by atoms with van der Waals surface area (Å²) in [5.41, 5.74) is 4.65. The van der Waals surface area contributed by atoms with Gasteiger partial charge in [-0.3, -0.25) is 9.59 Å². The number of carbonyl (C=O) groups excluding carboxylic acids is 2. The Hall–Kier alpha value is -2.56. The van der Waals surface area contributed by atoms with Gasteiger partial charge in [-0.05, 0) is 48.4 Å². The van der Waals surface area contributed by atoms with Crippen molar-refractivity contribution in [3.8, 4) is 0 Å². The van der Waals surface area contributed by atoms with Crippen LogP contribution in [0.25, 0.3) is 0 Å². The quantitative estimate of drug-likeness (QED) is 0.923. The number of aromatic nitrogens is 1. The normalized spacial score (nSPS) is 17.1. The highest BCUT2D eigenvalue weighted by molar-refractivity contribution is 5.94. The molecule has 0 unspecified atom stereocenters. The molecule has 0 saturated carbocycles. The molecule has 1 aromatic carbocycles. The van der Waals surface area contributed by atoms with E-state index < -0.39 is 0 Å². The van der Waals surface area contributed by atoms with Crippen molar-refractivity contribution in [2.45, 2.75) is 32.1 Å². The molecular weight excluding hydrogens is 326 g/mol. The van der Waals surface area contributed by atoms with Crippen LogP contribution in [0.3, 0.4) is 0 Å². The van der Waals surface area contributed by atoms with Crippen molar-refractivity contribution >= 4 is 11.8 Å². The van der Waals surface area contributed by atoms with E-state index in [-0.39, 0.29) is 11.8 Å². The number of nitrogens with zero attached hydrogens (tertiary/aromatic N) is 2. The highest BCUT2D eigenvalue weighted by Crippen LogP contribution is 2.23. The van der Waals surface area contributed by atoms with Crippen LogP contribution < -0.4 is 0 Å². The lowest BCUT2D eigenvalue weighted by Crippen LogP contribution is -2.37. The van der Waals surface area contributed by atoms with Gasteiger partial charge < -0.3 is 14.8 Å². The molecule has 2 aliphatic rings. The topological polar surface area (TPSA) is 56.4 Å². The minimum atomic E-state index is 0.0409. The molecule has 0 bridgehead atoms. The smallest absolute Gasteiger partial charge is 0.255 e. The lowest BCUT2D eigenvalue weighted by atomic mass is 10.0. The van der Waals surface area contributed by atoms with Crippen molar-refractivity contribution in [1.82, 2.24) is 14.8 Å². The molecule has 5 heteroatoms. The van der Waals surface area contributed by atoms with E-state index in [1.165, 1.54) is 24.0 Å². The molecule has 2 heterocycles. The Morgan fingerprint density at radius 3 is 2.58 bits per heavy atom. The average molecular weight is 351 g/mol. The first-order valence-electron chi connectivity index (χ1n) is 9.51. The zero-order chi connectivity index (χ0) is 17.9. The number of rotatable bonds is 3. The average Bonchev–Trinajstić information content (AvgIpc) is 3.28. The Morgan fingerprint density at radius 2 is 1.73 bits per heavy atom. The summed E-state index contributed by atoms with van der Waals surface area (Å²) in [5.74, 6) is 0.207. The minimum Gasteiger partial charge on any atom is -0.367 e. The number of fused-ring (bicyclic) bond motifs is 1. The van der Waals surface area contributed by atoms with Crippen molar-refractivity contribution in [3.63, 3.8) is 0 Å². The van der Waals surface area contributed by atoms with Crippen molar-refractivity contribution in [2.75, 3.05) is 26.2 Å². The summed E-state index contributed by atoms with van der Waals surface area (Å²) >= 11 is 0. The first-order chi connectivity index (χ1) is 12.7. The summed E-state index contributed by atoms with van der Waals surface area (Å²) in [6, 6.07) is 8.29. The van der Waals surface area contributed by atoms with Crippen LogP contribution >= 0.6 is 0 Å². The van der Waals surface area contributed by atoms with Gasteiger partial charge in [0.25, 0.3) is 5.91 Å². The van der Waals surface area contributed by atoms with Gasteiger partial charge in [0.1, 0.15) is 0 Å². The Balaban J connectivity index is 1.36. The molecule has 2 amide bonds. The highest BCUT2D eigenvalue weighted by atomic mass is 16.2. The van der Waals surface area contributed by atoms with Gasteiger partial charge in [-0.2, -0.15) is 0 Å². The molecule has 1 N–H and O–H groups in total. The third-order valence-corrected chi connectivity index (χ3v) is 5.50. The number of amides is 2. The Kier molecular flexibility index (Phi) is 4.78. The predicted molar refractivity (Wildman–Crippen MR) is 100 cm³/mol. The van der Waals surface area contributed by atoms with Crippen LogP contribution in [-0.2, 0) is 24.1 Å². The van der Waals surface area contributed by atoms with Crippen LogP contribution in [0, 0.1) is 0 Å². The molecule has 5 nitrogen and oxygen atoms in total. The van der Waals surface area contributed by atoms with Gasteiger partial charge in [-0.1, -0.05) is 18.2 Å². The first kappa shape index (κ1) is 16.9. The van der Waals surface area contributed by atoms with Crippen LogP contribution in [-0.4, -0.2) is 52.8 Å². The van der Waals surface area contributed by atoms with Crippen molar-refractivity contribution < 1.29 is 9.59 Å². The zero-order valence-electron chi connectivity index (χ0n) is 15.0. The third kappa shape index (κ3) is 3.52. The number of aryl methyl sites for hydroxylation is 2. The van der Waals surface area contributed by atoms with E-state index in [9.17, 15) is 9.59 Å². The van der Waals surface area contributed by atoms with Gasteiger partial charge in [0, 0.05) is 38.6 Å². The van der Waals surface area contributed by atoms with E-state index in [0.717, 1.165) is 24.9 Å². The Bertz CT molecular complexity index is 798. The number of carbonyl (C=O) groups is 2. The van der Waals surface area contributed by atoms with Gasteiger partial charge in [0.2, 0.25) is 5.91 Å². The molecule has 1 fully saturated rings. The maximum atomic E-state index is 12.7. The summed E-state index contributed by atoms with van der Waals surface area (Å²) in [6.45, 7) is 2.63. The van der Waals surface area contributed by atoms with Crippen LogP contribution in [0.15, 0.2) is 36.7 Å². The zero-order valence-corrected chi connectivity index (χ0v) is 15.0. The van der Waals surface area contributed by atoms with Gasteiger partial charge in [0.15, 0.2) is 0 Å². The number of aromatic amines is 1. The second kappa shape index (κ2) is 7.36. The molecule has 0 radical (unpaired) electrons. The molecular formula is C21H25N3O2. The van der Waals surface area contributed by atoms with Gasteiger partial charge in [-0.25, -0.2) is 0 Å². The number of hydrogen-bond acceptors (Lipinski definition) is 2. The standard InChI is InChI=1S/C21H25N3O2/c25-20(14-16-5-6-17-3-1-4-18(17)13-16)23-9-2-10-24(12-11-23)21(26)19-7-8-22-15-19/h5-8,13,15,22H,1-4,9-12,14H2. The maximum Gasteiger partial charge on any atom is 0.255 e. The van der Waals surface area contributed by atoms with Crippen LogP contribution in [0.5, 0.6) is 0 Å². The summed E-state index contributed by atoms with van der Waals surface area (Å²) < 4.78 is 0. The number of H-pyrrole nitrogens is 1. The minimum absolute atomic E-state index is 0.0409. The molecule has 1 aliphatic heterocycles. The number of benzene rings is 1. The third-order valence-electron chi connectivity index (χ3n) is 5.50. The van der Waals surface area contributed by atoms with Crippen LogP contribution in [0.2, 0.25) is 0 Å². The summed E-state index contributed by atoms with van der Waals surface area (Å²) in [6.07, 6.45) is 8.30. The van der Waals surface area contributed by atoms with E-state index in [2.05, 4.69) is 23.2 Å². The summed E-state index contributed by atoms with van der Waals surface area (Å²) in [5, 5.41) is 0. The summed E-state index contributed by atoms with van der Waals surface area (Å²) in [4.78, 5) is 31.9. The van der Waals surface area contributed by atoms with Crippen molar-refractivity contribution in [2.24, 2.45) is 0 Å². The van der Waals surface area contributed by atoms with Gasteiger partial charge in [-0.15, -0.1) is 0 Å². The molecule has 26 heavy (non-hydrogen) atoms. The van der Waals surface area contributed by atoms with Gasteiger partial charge in [0.05, 0.1) is 12.0 Å². The first-order valence-corrected chi connectivity index (χ1v) is 9.51. The molecule has 2 aromatic rings. The molecule has 0 atom stereocenters. The van der Waals surface area contributed by atoms with E-state index in [4.69, 9.17) is 0 Å². The molecule has 1 aliphatic carbocycles.